The highest BCUT2D eigenvalue weighted by molar-refractivity contribution is 6.09. The number of hydrogen-bond acceptors (Lipinski definition) is 4. The van der Waals surface area contributed by atoms with E-state index in [1.807, 2.05) is 68.4 Å². The second-order valence-electron chi connectivity index (χ2n) is 6.36. The van der Waals surface area contributed by atoms with Crippen LogP contribution in [0.1, 0.15) is 22.8 Å². The van der Waals surface area contributed by atoms with E-state index in [9.17, 15) is 9.59 Å². The fraction of sp³-hybridized carbons (Fsp3) is 0.136. The van der Waals surface area contributed by atoms with Crippen molar-refractivity contribution in [3.05, 3.63) is 78.0 Å². The van der Waals surface area contributed by atoms with Crippen LogP contribution in [0.3, 0.4) is 0 Å². The molecule has 7 nitrogen and oxygen atoms in total. The van der Waals surface area contributed by atoms with E-state index in [0.717, 1.165) is 16.9 Å². The van der Waals surface area contributed by atoms with E-state index in [1.54, 1.807) is 6.07 Å². The number of amides is 3. The fourth-order valence-corrected chi connectivity index (χ4v) is 2.71. The zero-order chi connectivity index (χ0) is 20.6. The van der Waals surface area contributed by atoms with Gasteiger partial charge in [-0.15, -0.1) is 0 Å². The SMILES string of the molecule is CCNC(=O)Nc1cc(Nc2ccccc2)c(C(=O)Nc2ccccc2C)cn1. The van der Waals surface area contributed by atoms with Gasteiger partial charge in [-0.05, 0) is 37.6 Å². The third-order valence-corrected chi connectivity index (χ3v) is 4.17. The van der Waals surface area contributed by atoms with Crippen LogP contribution in [-0.4, -0.2) is 23.5 Å². The molecule has 3 aromatic rings. The van der Waals surface area contributed by atoms with E-state index in [1.165, 1.54) is 6.20 Å². The van der Waals surface area contributed by atoms with Gasteiger partial charge in [-0.1, -0.05) is 36.4 Å². The molecule has 0 radical (unpaired) electrons. The van der Waals surface area contributed by atoms with Crippen molar-refractivity contribution in [2.45, 2.75) is 13.8 Å². The molecule has 2 aromatic carbocycles. The van der Waals surface area contributed by atoms with Crippen LogP contribution in [0.15, 0.2) is 66.9 Å². The Morgan fingerprint density at radius 2 is 1.66 bits per heavy atom. The van der Waals surface area contributed by atoms with E-state index < -0.39 is 0 Å². The standard InChI is InChI=1S/C22H23N5O2/c1-3-23-22(29)27-20-13-19(25-16-10-5-4-6-11-16)17(14-24-20)21(28)26-18-12-8-7-9-15(18)2/h4-14H,3H2,1-2H3,(H,26,28)(H3,23,24,25,27,29). The van der Waals surface area contributed by atoms with Crippen molar-refractivity contribution in [2.75, 3.05) is 22.5 Å². The lowest BCUT2D eigenvalue weighted by Crippen LogP contribution is -2.28. The molecular formula is C22H23N5O2. The molecule has 29 heavy (non-hydrogen) atoms. The maximum Gasteiger partial charge on any atom is 0.320 e. The van der Waals surface area contributed by atoms with E-state index in [2.05, 4.69) is 26.3 Å². The van der Waals surface area contributed by atoms with Gasteiger partial charge in [0.05, 0.1) is 11.3 Å². The van der Waals surface area contributed by atoms with Crippen LogP contribution in [0.2, 0.25) is 0 Å². The number of urea groups is 1. The minimum absolute atomic E-state index is 0.296. The first-order valence-corrected chi connectivity index (χ1v) is 9.30. The van der Waals surface area contributed by atoms with Gasteiger partial charge in [-0.3, -0.25) is 10.1 Å². The van der Waals surface area contributed by atoms with Crippen molar-refractivity contribution in [1.82, 2.24) is 10.3 Å². The van der Waals surface area contributed by atoms with E-state index in [0.29, 0.717) is 23.6 Å². The van der Waals surface area contributed by atoms with Crippen LogP contribution in [0.5, 0.6) is 0 Å². The number of anilines is 4. The molecule has 1 heterocycles. The van der Waals surface area contributed by atoms with Crippen molar-refractivity contribution in [1.29, 1.82) is 0 Å². The van der Waals surface area contributed by atoms with E-state index in [4.69, 9.17) is 0 Å². The van der Waals surface area contributed by atoms with Crippen molar-refractivity contribution < 1.29 is 9.59 Å². The molecule has 4 N–H and O–H groups in total. The molecule has 0 aliphatic heterocycles. The number of nitrogens with zero attached hydrogens (tertiary/aromatic N) is 1. The number of aromatic nitrogens is 1. The highest BCUT2D eigenvalue weighted by Gasteiger charge is 2.15. The van der Waals surface area contributed by atoms with Gasteiger partial charge in [-0.25, -0.2) is 9.78 Å². The minimum Gasteiger partial charge on any atom is -0.355 e. The summed E-state index contributed by atoms with van der Waals surface area (Å²) in [5, 5.41) is 11.5. The Morgan fingerprint density at radius 1 is 0.931 bits per heavy atom. The van der Waals surface area contributed by atoms with Gasteiger partial charge in [0.25, 0.3) is 5.91 Å². The average molecular weight is 389 g/mol. The maximum atomic E-state index is 12.9. The molecule has 3 amide bonds. The van der Waals surface area contributed by atoms with Gasteiger partial charge in [0.15, 0.2) is 0 Å². The zero-order valence-corrected chi connectivity index (χ0v) is 16.3. The highest BCUT2D eigenvalue weighted by atomic mass is 16.2. The smallest absolute Gasteiger partial charge is 0.320 e. The quantitative estimate of drug-likeness (QED) is 0.498. The number of hydrogen-bond donors (Lipinski definition) is 4. The van der Waals surface area contributed by atoms with Crippen molar-refractivity contribution in [3.8, 4) is 0 Å². The van der Waals surface area contributed by atoms with Crippen LogP contribution in [-0.2, 0) is 0 Å². The minimum atomic E-state index is -0.359. The van der Waals surface area contributed by atoms with Gasteiger partial charge in [0.2, 0.25) is 0 Å². The predicted molar refractivity (Wildman–Crippen MR) is 116 cm³/mol. The lowest BCUT2D eigenvalue weighted by molar-refractivity contribution is 0.102. The first-order chi connectivity index (χ1) is 14.1. The van der Waals surface area contributed by atoms with Crippen LogP contribution in [0.25, 0.3) is 0 Å². The molecular weight excluding hydrogens is 366 g/mol. The molecule has 3 rings (SSSR count). The first kappa shape index (κ1) is 19.9. The Balaban J connectivity index is 1.90. The summed E-state index contributed by atoms with van der Waals surface area (Å²) >= 11 is 0. The molecule has 0 atom stereocenters. The molecule has 1 aromatic heterocycles. The molecule has 0 saturated heterocycles. The summed E-state index contributed by atoms with van der Waals surface area (Å²) < 4.78 is 0. The molecule has 0 spiro atoms. The Hall–Kier alpha value is -3.87. The van der Waals surface area contributed by atoms with Gasteiger partial charge < -0.3 is 16.0 Å². The number of rotatable bonds is 6. The molecule has 0 bridgehead atoms. The summed E-state index contributed by atoms with van der Waals surface area (Å²) in [6, 6.07) is 18.3. The second-order valence-corrected chi connectivity index (χ2v) is 6.36. The van der Waals surface area contributed by atoms with Crippen LogP contribution < -0.4 is 21.3 Å². The van der Waals surface area contributed by atoms with Crippen LogP contribution in [0.4, 0.5) is 27.7 Å². The Kier molecular flexibility index (Phi) is 6.42. The summed E-state index contributed by atoms with van der Waals surface area (Å²) in [6.07, 6.45) is 1.44. The van der Waals surface area contributed by atoms with Crippen molar-refractivity contribution in [2.24, 2.45) is 0 Å². The summed E-state index contributed by atoms with van der Waals surface area (Å²) in [7, 11) is 0. The number of nitrogens with one attached hydrogen (secondary N) is 4. The molecule has 0 unspecified atom stereocenters. The maximum absolute atomic E-state index is 12.9. The van der Waals surface area contributed by atoms with Gasteiger partial charge >= 0.3 is 6.03 Å². The van der Waals surface area contributed by atoms with Gasteiger partial charge in [0.1, 0.15) is 5.82 Å². The van der Waals surface area contributed by atoms with Gasteiger partial charge in [-0.2, -0.15) is 0 Å². The zero-order valence-electron chi connectivity index (χ0n) is 16.3. The second kappa shape index (κ2) is 9.36. The van der Waals surface area contributed by atoms with Gasteiger partial charge in [0, 0.05) is 30.2 Å². The summed E-state index contributed by atoms with van der Waals surface area (Å²) in [6.45, 7) is 4.25. The number of carbonyl (C=O) groups is 2. The largest absolute Gasteiger partial charge is 0.355 e. The molecule has 0 aliphatic rings. The molecule has 148 valence electrons. The topological polar surface area (TPSA) is 95.2 Å². The van der Waals surface area contributed by atoms with Crippen LogP contribution >= 0.6 is 0 Å². The summed E-state index contributed by atoms with van der Waals surface area (Å²) in [5.41, 5.74) is 3.39. The Labute approximate surface area is 169 Å². The third-order valence-electron chi connectivity index (χ3n) is 4.17. The number of carbonyl (C=O) groups excluding carboxylic acids is 2. The van der Waals surface area contributed by atoms with Crippen LogP contribution in [0, 0.1) is 6.92 Å². The highest BCUT2D eigenvalue weighted by Crippen LogP contribution is 2.25. The predicted octanol–water partition coefficient (Wildman–Crippen LogP) is 4.53. The number of para-hydroxylation sites is 2. The summed E-state index contributed by atoms with van der Waals surface area (Å²) in [4.78, 5) is 29.0. The number of benzene rings is 2. The van der Waals surface area contributed by atoms with E-state index >= 15 is 0 Å². The molecule has 0 aliphatic carbocycles. The normalized spacial score (nSPS) is 10.1. The third kappa shape index (κ3) is 5.32. The van der Waals surface area contributed by atoms with Crippen molar-refractivity contribution >= 4 is 34.8 Å². The lowest BCUT2D eigenvalue weighted by Gasteiger charge is -2.15. The van der Waals surface area contributed by atoms with Crippen molar-refractivity contribution in [3.63, 3.8) is 0 Å². The average Bonchev–Trinajstić information content (AvgIpc) is 2.71. The molecule has 7 heteroatoms. The fourth-order valence-electron chi connectivity index (χ4n) is 2.71. The number of aryl methyl sites for hydroxylation is 1. The number of pyridine rings is 1. The lowest BCUT2D eigenvalue weighted by atomic mass is 10.1. The summed E-state index contributed by atoms with van der Waals surface area (Å²) in [5.74, 6) is 0.0385. The molecule has 0 saturated carbocycles. The Morgan fingerprint density at radius 3 is 2.38 bits per heavy atom. The first-order valence-electron chi connectivity index (χ1n) is 9.30. The molecule has 0 fully saturated rings. The van der Waals surface area contributed by atoms with E-state index in [-0.39, 0.29) is 11.9 Å². The monoisotopic (exact) mass is 389 g/mol. The Bertz CT molecular complexity index is 1010.